The lowest BCUT2D eigenvalue weighted by Crippen LogP contribution is -1.93. The molecule has 3 nitrogen and oxygen atoms in total. The van der Waals surface area contributed by atoms with Gasteiger partial charge in [-0.2, -0.15) is 0 Å². The maximum atomic E-state index is 13.2. The highest BCUT2D eigenvalue weighted by Gasteiger charge is 2.10. The second kappa shape index (κ2) is 4.40. The number of aromatic nitrogens is 2. The predicted octanol–water partition coefficient (Wildman–Crippen LogP) is 3.20. The molecule has 0 bridgehead atoms. The Morgan fingerprint density at radius 1 is 1.12 bits per heavy atom. The average molecular weight is 243 g/mol. The van der Waals surface area contributed by atoms with Crippen LogP contribution in [0.4, 0.5) is 8.78 Å². The topological polar surface area (TPSA) is 35.0 Å². The van der Waals surface area contributed by atoms with E-state index in [1.54, 1.807) is 0 Å². The van der Waals surface area contributed by atoms with Crippen molar-refractivity contribution in [3.8, 4) is 11.6 Å². The lowest BCUT2D eigenvalue weighted by molar-refractivity contribution is 0.421. The van der Waals surface area contributed by atoms with Crippen LogP contribution in [0, 0.1) is 11.6 Å². The molecule has 16 heavy (non-hydrogen) atoms. The predicted molar refractivity (Wildman–Crippen MR) is 53.5 cm³/mol. The van der Waals surface area contributed by atoms with Gasteiger partial charge in [-0.1, -0.05) is 11.6 Å². The SMILES string of the molecule is Fc1ccc(F)c(Oc2nccnc2Cl)c1. The molecular weight excluding hydrogens is 238 g/mol. The molecule has 0 saturated carbocycles. The first-order valence-corrected chi connectivity index (χ1v) is 4.64. The number of rotatable bonds is 2. The van der Waals surface area contributed by atoms with Crippen LogP contribution in [-0.4, -0.2) is 9.97 Å². The zero-order valence-corrected chi connectivity index (χ0v) is 8.58. The summed E-state index contributed by atoms with van der Waals surface area (Å²) in [5.41, 5.74) is 0. The molecule has 1 heterocycles. The molecule has 0 fully saturated rings. The summed E-state index contributed by atoms with van der Waals surface area (Å²) in [6.07, 6.45) is 2.69. The van der Waals surface area contributed by atoms with Crippen LogP contribution in [0.25, 0.3) is 0 Å². The fourth-order valence-corrected chi connectivity index (χ4v) is 1.18. The molecule has 1 aromatic carbocycles. The Morgan fingerprint density at radius 2 is 1.88 bits per heavy atom. The first-order valence-electron chi connectivity index (χ1n) is 4.26. The van der Waals surface area contributed by atoms with Gasteiger partial charge in [-0.15, -0.1) is 0 Å². The van der Waals surface area contributed by atoms with Crippen molar-refractivity contribution in [2.75, 3.05) is 0 Å². The molecule has 2 rings (SSSR count). The van der Waals surface area contributed by atoms with Crippen LogP contribution in [0.5, 0.6) is 11.6 Å². The van der Waals surface area contributed by atoms with E-state index in [-0.39, 0.29) is 16.8 Å². The van der Waals surface area contributed by atoms with Gasteiger partial charge >= 0.3 is 0 Å². The lowest BCUT2D eigenvalue weighted by Gasteiger charge is -2.05. The van der Waals surface area contributed by atoms with E-state index < -0.39 is 11.6 Å². The highest BCUT2D eigenvalue weighted by Crippen LogP contribution is 2.27. The van der Waals surface area contributed by atoms with E-state index in [2.05, 4.69) is 9.97 Å². The van der Waals surface area contributed by atoms with Gasteiger partial charge in [0.2, 0.25) is 0 Å². The summed E-state index contributed by atoms with van der Waals surface area (Å²) in [5, 5.41) is -0.0221. The Bertz CT molecular complexity index is 522. The molecule has 2 aromatic rings. The Kier molecular flexibility index (Phi) is 2.96. The summed E-state index contributed by atoms with van der Waals surface area (Å²) < 4.78 is 31.0. The molecule has 82 valence electrons. The van der Waals surface area contributed by atoms with E-state index in [1.165, 1.54) is 12.4 Å². The maximum Gasteiger partial charge on any atom is 0.257 e. The van der Waals surface area contributed by atoms with Crippen molar-refractivity contribution < 1.29 is 13.5 Å². The highest BCUT2D eigenvalue weighted by atomic mass is 35.5. The zero-order chi connectivity index (χ0) is 11.5. The second-order valence-electron chi connectivity index (χ2n) is 2.83. The molecule has 0 saturated heterocycles. The van der Waals surface area contributed by atoms with E-state index in [0.717, 1.165) is 18.2 Å². The molecule has 0 amide bonds. The van der Waals surface area contributed by atoms with Crippen LogP contribution in [0.3, 0.4) is 0 Å². The number of halogens is 3. The van der Waals surface area contributed by atoms with Crippen LogP contribution in [-0.2, 0) is 0 Å². The molecule has 0 aliphatic carbocycles. The molecular formula is C10H5ClF2N2O. The summed E-state index contributed by atoms with van der Waals surface area (Å²) in [5.74, 6) is -1.68. The Labute approximate surface area is 94.7 Å². The van der Waals surface area contributed by atoms with Gasteiger partial charge in [-0.05, 0) is 12.1 Å². The second-order valence-corrected chi connectivity index (χ2v) is 3.19. The Hall–Kier alpha value is -1.75. The van der Waals surface area contributed by atoms with Crippen molar-refractivity contribution in [2.24, 2.45) is 0 Å². The minimum Gasteiger partial charge on any atom is -0.433 e. The van der Waals surface area contributed by atoms with Crippen molar-refractivity contribution in [3.63, 3.8) is 0 Å². The van der Waals surface area contributed by atoms with E-state index >= 15 is 0 Å². The first kappa shape index (κ1) is 10.8. The van der Waals surface area contributed by atoms with Gasteiger partial charge in [-0.25, -0.2) is 18.7 Å². The van der Waals surface area contributed by atoms with Gasteiger partial charge in [0.25, 0.3) is 5.88 Å². The van der Waals surface area contributed by atoms with Crippen molar-refractivity contribution in [1.82, 2.24) is 9.97 Å². The third-order valence-electron chi connectivity index (χ3n) is 1.72. The number of ether oxygens (including phenoxy) is 1. The number of hydrogen-bond donors (Lipinski definition) is 0. The molecule has 0 atom stereocenters. The van der Waals surface area contributed by atoms with E-state index in [4.69, 9.17) is 16.3 Å². The molecule has 0 aliphatic heterocycles. The molecule has 6 heteroatoms. The monoisotopic (exact) mass is 242 g/mol. The lowest BCUT2D eigenvalue weighted by atomic mass is 10.3. The standard InChI is InChI=1S/C10H5ClF2N2O/c11-9-10(15-4-3-14-9)16-8-5-6(12)1-2-7(8)13/h1-5H. The van der Waals surface area contributed by atoms with E-state index in [0.29, 0.717) is 0 Å². The summed E-state index contributed by atoms with van der Waals surface area (Å²) >= 11 is 5.65. The van der Waals surface area contributed by atoms with Crippen LogP contribution in [0.1, 0.15) is 0 Å². The van der Waals surface area contributed by atoms with Crippen molar-refractivity contribution in [3.05, 3.63) is 47.4 Å². The first-order chi connectivity index (χ1) is 7.66. The van der Waals surface area contributed by atoms with Crippen molar-refractivity contribution >= 4 is 11.6 Å². The molecule has 1 aromatic heterocycles. The summed E-state index contributed by atoms with van der Waals surface area (Å²) in [4.78, 5) is 7.43. The van der Waals surface area contributed by atoms with Gasteiger partial charge in [0.1, 0.15) is 5.82 Å². The van der Waals surface area contributed by atoms with Crippen LogP contribution < -0.4 is 4.74 Å². The quantitative estimate of drug-likeness (QED) is 0.811. The molecule has 0 spiro atoms. The summed E-state index contributed by atoms with van der Waals surface area (Å²) in [7, 11) is 0. The van der Waals surface area contributed by atoms with Gasteiger partial charge in [0.05, 0.1) is 0 Å². The van der Waals surface area contributed by atoms with E-state index in [1.807, 2.05) is 0 Å². The minimum absolute atomic E-state index is 0.0221. The van der Waals surface area contributed by atoms with Crippen LogP contribution in [0.2, 0.25) is 5.15 Å². The molecule has 0 unspecified atom stereocenters. The fourth-order valence-electron chi connectivity index (χ4n) is 1.04. The smallest absolute Gasteiger partial charge is 0.257 e. The number of benzene rings is 1. The number of hydrogen-bond acceptors (Lipinski definition) is 3. The van der Waals surface area contributed by atoms with Crippen LogP contribution in [0.15, 0.2) is 30.6 Å². The zero-order valence-electron chi connectivity index (χ0n) is 7.82. The largest absolute Gasteiger partial charge is 0.433 e. The van der Waals surface area contributed by atoms with Gasteiger partial charge in [-0.3, -0.25) is 0 Å². The summed E-state index contributed by atoms with van der Waals surface area (Å²) in [6.45, 7) is 0. The Morgan fingerprint density at radius 3 is 2.62 bits per heavy atom. The van der Waals surface area contributed by atoms with Gasteiger partial charge < -0.3 is 4.74 Å². The highest BCUT2D eigenvalue weighted by molar-refractivity contribution is 6.30. The average Bonchev–Trinajstić information content (AvgIpc) is 2.27. The molecule has 0 radical (unpaired) electrons. The normalized spacial score (nSPS) is 10.2. The third kappa shape index (κ3) is 2.25. The molecule has 0 N–H and O–H groups in total. The van der Waals surface area contributed by atoms with Gasteiger partial charge in [0, 0.05) is 18.5 Å². The molecule has 0 aliphatic rings. The fraction of sp³-hybridized carbons (Fsp3) is 0. The van der Waals surface area contributed by atoms with Crippen LogP contribution >= 0.6 is 11.6 Å². The summed E-state index contributed by atoms with van der Waals surface area (Å²) in [6, 6.07) is 2.84. The Balaban J connectivity index is 2.34. The van der Waals surface area contributed by atoms with E-state index in [9.17, 15) is 8.78 Å². The minimum atomic E-state index is -0.705. The van der Waals surface area contributed by atoms with Gasteiger partial charge in [0.15, 0.2) is 16.7 Å². The van der Waals surface area contributed by atoms with Crippen molar-refractivity contribution in [1.29, 1.82) is 0 Å². The number of nitrogens with zero attached hydrogens (tertiary/aromatic N) is 2. The maximum absolute atomic E-state index is 13.2. The third-order valence-corrected chi connectivity index (χ3v) is 1.98. The van der Waals surface area contributed by atoms with Crippen molar-refractivity contribution in [2.45, 2.75) is 0 Å².